The first-order valence-electron chi connectivity index (χ1n) is 10.4. The summed E-state index contributed by atoms with van der Waals surface area (Å²) in [5.41, 5.74) is 0.207. The summed E-state index contributed by atoms with van der Waals surface area (Å²) >= 11 is 0. The lowest BCUT2D eigenvalue weighted by atomic mass is 10.0. The van der Waals surface area contributed by atoms with Crippen LogP contribution in [0.1, 0.15) is 36.7 Å². The predicted octanol–water partition coefficient (Wildman–Crippen LogP) is 1.95. The molecule has 4 rings (SSSR count). The van der Waals surface area contributed by atoms with Crippen molar-refractivity contribution in [1.29, 1.82) is 0 Å². The van der Waals surface area contributed by atoms with Crippen molar-refractivity contribution in [3.8, 4) is 0 Å². The van der Waals surface area contributed by atoms with Crippen LogP contribution in [0.4, 0.5) is 0 Å². The van der Waals surface area contributed by atoms with Crippen LogP contribution >= 0.6 is 0 Å². The van der Waals surface area contributed by atoms with Crippen LogP contribution in [-0.2, 0) is 4.79 Å². The summed E-state index contributed by atoms with van der Waals surface area (Å²) in [5.74, 6) is -0.0265. The number of amides is 2. The summed E-state index contributed by atoms with van der Waals surface area (Å²) in [6, 6.07) is 8.52. The van der Waals surface area contributed by atoms with Gasteiger partial charge in [0.05, 0.1) is 11.9 Å². The predicted molar refractivity (Wildman–Crippen MR) is 110 cm³/mol. The van der Waals surface area contributed by atoms with Crippen molar-refractivity contribution >= 4 is 22.8 Å². The molecule has 2 aliphatic heterocycles. The number of nitrogens with zero attached hydrogens (tertiary/aromatic N) is 3. The number of hydrogen-bond donors (Lipinski definition) is 0. The van der Waals surface area contributed by atoms with E-state index in [0.717, 1.165) is 19.4 Å². The summed E-state index contributed by atoms with van der Waals surface area (Å²) in [7, 11) is 0. The maximum atomic E-state index is 12.8. The fourth-order valence-electron chi connectivity index (χ4n) is 4.22. The average molecular weight is 397 g/mol. The van der Waals surface area contributed by atoms with Crippen molar-refractivity contribution in [3.63, 3.8) is 0 Å². The lowest BCUT2D eigenvalue weighted by molar-refractivity contribution is -0.136. The van der Waals surface area contributed by atoms with Crippen LogP contribution in [0.5, 0.6) is 0 Å². The maximum absolute atomic E-state index is 12.8. The van der Waals surface area contributed by atoms with Gasteiger partial charge in [-0.05, 0) is 38.3 Å². The Bertz CT molecular complexity index is 962. The van der Waals surface area contributed by atoms with Crippen molar-refractivity contribution < 1.29 is 14.0 Å². The first-order valence-corrected chi connectivity index (χ1v) is 10.4. The van der Waals surface area contributed by atoms with Crippen molar-refractivity contribution in [2.45, 2.75) is 32.2 Å². The van der Waals surface area contributed by atoms with E-state index in [1.165, 1.54) is 12.5 Å². The zero-order valence-electron chi connectivity index (χ0n) is 16.8. The molecule has 1 aromatic heterocycles. The number of carbonyl (C=O) groups is 2. The molecule has 0 bridgehead atoms. The molecule has 3 heterocycles. The van der Waals surface area contributed by atoms with Gasteiger partial charge in [0, 0.05) is 44.8 Å². The number of piperidine rings is 1. The Kier molecular flexibility index (Phi) is 5.67. The Morgan fingerprint density at radius 1 is 1.07 bits per heavy atom. The van der Waals surface area contributed by atoms with Gasteiger partial charge in [-0.1, -0.05) is 12.1 Å². The quantitative estimate of drug-likeness (QED) is 0.792. The molecule has 7 nitrogen and oxygen atoms in total. The Morgan fingerprint density at radius 2 is 1.83 bits per heavy atom. The van der Waals surface area contributed by atoms with Crippen LogP contribution in [0.2, 0.25) is 0 Å². The fraction of sp³-hybridized carbons (Fsp3) is 0.500. The molecular weight excluding hydrogens is 370 g/mol. The SMILES string of the molecule is CC1CCCCN1C(=O)CN1CCN(C(=O)c2cc(=O)c3ccccc3o2)CC1. The van der Waals surface area contributed by atoms with E-state index in [4.69, 9.17) is 4.42 Å². The zero-order valence-corrected chi connectivity index (χ0v) is 16.8. The normalized spacial score (nSPS) is 20.8. The summed E-state index contributed by atoms with van der Waals surface area (Å²) in [5, 5.41) is 0.472. The first kappa shape index (κ1) is 19.6. The second kappa shape index (κ2) is 8.37. The van der Waals surface area contributed by atoms with Crippen LogP contribution in [-0.4, -0.2) is 71.8 Å². The van der Waals surface area contributed by atoms with Gasteiger partial charge in [-0.2, -0.15) is 0 Å². The lowest BCUT2D eigenvalue weighted by Crippen LogP contribution is -2.53. The molecule has 2 aromatic rings. The molecule has 0 spiro atoms. The highest BCUT2D eigenvalue weighted by molar-refractivity contribution is 5.93. The molecule has 7 heteroatoms. The molecule has 0 radical (unpaired) electrons. The van der Waals surface area contributed by atoms with E-state index in [0.29, 0.717) is 49.7 Å². The molecule has 154 valence electrons. The summed E-state index contributed by atoms with van der Waals surface area (Å²) in [6.45, 7) is 5.66. The number of piperazine rings is 1. The van der Waals surface area contributed by atoms with E-state index >= 15 is 0 Å². The molecule has 1 aromatic carbocycles. The largest absolute Gasteiger partial charge is 0.451 e. The van der Waals surface area contributed by atoms with E-state index in [2.05, 4.69) is 11.8 Å². The molecule has 0 saturated carbocycles. The smallest absolute Gasteiger partial charge is 0.289 e. The van der Waals surface area contributed by atoms with E-state index in [9.17, 15) is 14.4 Å². The minimum Gasteiger partial charge on any atom is -0.451 e. The molecular formula is C22H27N3O4. The van der Waals surface area contributed by atoms with Crippen LogP contribution in [0, 0.1) is 0 Å². The van der Waals surface area contributed by atoms with Crippen molar-refractivity contribution in [2.24, 2.45) is 0 Å². The van der Waals surface area contributed by atoms with Crippen LogP contribution in [0.15, 0.2) is 39.5 Å². The Hall–Kier alpha value is -2.67. The highest BCUT2D eigenvalue weighted by Gasteiger charge is 2.28. The summed E-state index contributed by atoms with van der Waals surface area (Å²) < 4.78 is 5.67. The number of rotatable bonds is 3. The van der Waals surface area contributed by atoms with Gasteiger partial charge in [0.15, 0.2) is 11.2 Å². The third-order valence-electron chi connectivity index (χ3n) is 5.99. The number of para-hydroxylation sites is 1. The number of carbonyl (C=O) groups excluding carboxylic acids is 2. The second-order valence-electron chi connectivity index (χ2n) is 7.97. The summed E-state index contributed by atoms with van der Waals surface area (Å²) in [4.78, 5) is 43.5. The lowest BCUT2D eigenvalue weighted by Gasteiger charge is -2.37. The van der Waals surface area contributed by atoms with Gasteiger partial charge in [-0.3, -0.25) is 19.3 Å². The van der Waals surface area contributed by atoms with E-state index in [1.54, 1.807) is 29.2 Å². The molecule has 29 heavy (non-hydrogen) atoms. The van der Waals surface area contributed by atoms with Crippen molar-refractivity contribution in [1.82, 2.24) is 14.7 Å². The second-order valence-corrected chi connectivity index (χ2v) is 7.97. The molecule has 0 aliphatic carbocycles. The third-order valence-corrected chi connectivity index (χ3v) is 5.99. The van der Waals surface area contributed by atoms with Crippen LogP contribution in [0.3, 0.4) is 0 Å². The molecule has 1 atom stereocenters. The minimum absolute atomic E-state index is 0.0698. The van der Waals surface area contributed by atoms with Crippen LogP contribution in [0.25, 0.3) is 11.0 Å². The topological polar surface area (TPSA) is 74.1 Å². The van der Waals surface area contributed by atoms with Gasteiger partial charge in [0.1, 0.15) is 5.58 Å². The highest BCUT2D eigenvalue weighted by Crippen LogP contribution is 2.18. The molecule has 2 saturated heterocycles. The average Bonchev–Trinajstić information content (AvgIpc) is 2.74. The maximum Gasteiger partial charge on any atom is 0.289 e. The van der Waals surface area contributed by atoms with Gasteiger partial charge in [0.2, 0.25) is 5.91 Å². The van der Waals surface area contributed by atoms with E-state index in [1.807, 2.05) is 4.90 Å². The fourth-order valence-corrected chi connectivity index (χ4v) is 4.22. The van der Waals surface area contributed by atoms with Crippen molar-refractivity contribution in [2.75, 3.05) is 39.3 Å². The Labute approximate surface area is 169 Å². The number of likely N-dealkylation sites (tertiary alicyclic amines) is 1. The van der Waals surface area contributed by atoms with Crippen molar-refractivity contribution in [3.05, 3.63) is 46.3 Å². The van der Waals surface area contributed by atoms with E-state index < -0.39 is 0 Å². The standard InChI is InChI=1S/C22H27N3O4/c1-16-6-4-5-9-25(16)21(27)15-23-10-12-24(13-11-23)22(28)20-14-18(26)17-7-2-3-8-19(17)29-20/h2-3,7-8,14,16H,4-6,9-13,15H2,1H3. The number of fused-ring (bicyclic) bond motifs is 1. The Balaban J connectivity index is 1.36. The molecule has 2 amide bonds. The Morgan fingerprint density at radius 3 is 2.59 bits per heavy atom. The highest BCUT2D eigenvalue weighted by atomic mass is 16.3. The van der Waals surface area contributed by atoms with Crippen LogP contribution < -0.4 is 5.43 Å². The molecule has 2 aliphatic rings. The molecule has 1 unspecified atom stereocenters. The van der Waals surface area contributed by atoms with Gasteiger partial charge < -0.3 is 14.2 Å². The number of hydrogen-bond acceptors (Lipinski definition) is 5. The molecule has 0 N–H and O–H groups in total. The zero-order chi connectivity index (χ0) is 20.4. The number of benzene rings is 1. The summed E-state index contributed by atoms with van der Waals surface area (Å²) in [6.07, 6.45) is 3.34. The van der Waals surface area contributed by atoms with E-state index in [-0.39, 0.29) is 23.0 Å². The first-order chi connectivity index (χ1) is 14.0. The van der Waals surface area contributed by atoms with Gasteiger partial charge >= 0.3 is 0 Å². The molecule has 2 fully saturated rings. The van der Waals surface area contributed by atoms with Gasteiger partial charge in [0.25, 0.3) is 5.91 Å². The third kappa shape index (κ3) is 4.19. The monoisotopic (exact) mass is 397 g/mol. The van der Waals surface area contributed by atoms with Gasteiger partial charge in [-0.25, -0.2) is 0 Å². The minimum atomic E-state index is -0.275. The van der Waals surface area contributed by atoms with Gasteiger partial charge in [-0.15, -0.1) is 0 Å².